The van der Waals surface area contributed by atoms with Crippen molar-refractivity contribution in [3.05, 3.63) is 71.2 Å². The molecule has 1 aliphatic rings. The van der Waals surface area contributed by atoms with E-state index in [0.717, 1.165) is 40.9 Å². The summed E-state index contributed by atoms with van der Waals surface area (Å²) in [6.45, 7) is 3.14. The molecule has 8 nitrogen and oxygen atoms in total. The maximum absolute atomic E-state index is 11.8. The van der Waals surface area contributed by atoms with Gasteiger partial charge in [-0.05, 0) is 37.5 Å². The predicted octanol–water partition coefficient (Wildman–Crippen LogP) is 3.14. The van der Waals surface area contributed by atoms with E-state index in [2.05, 4.69) is 22.5 Å². The Hall–Kier alpha value is -3.94. The Balaban J connectivity index is 1.62. The number of carbonyl (C=O) groups is 1. The van der Waals surface area contributed by atoms with Gasteiger partial charge in [-0.2, -0.15) is 5.10 Å². The minimum absolute atomic E-state index is 0.315. The number of primary amides is 1. The number of anilines is 1. The normalized spacial score (nSPS) is 12.9. The molecule has 0 spiro atoms. The molecule has 0 saturated carbocycles. The first-order chi connectivity index (χ1) is 15.1. The molecule has 31 heavy (non-hydrogen) atoms. The molecular formula is C23H22N6O2. The van der Waals surface area contributed by atoms with Crippen LogP contribution in [0.2, 0.25) is 0 Å². The number of ether oxygens (including phenoxy) is 1. The summed E-state index contributed by atoms with van der Waals surface area (Å²) in [6, 6.07) is 15.5. The van der Waals surface area contributed by atoms with Crippen molar-refractivity contribution in [3.63, 3.8) is 0 Å². The molecule has 1 amide bonds. The number of nitrogens with zero attached hydrogens (tertiary/aromatic N) is 4. The van der Waals surface area contributed by atoms with E-state index in [1.165, 1.54) is 0 Å². The molecule has 1 aromatic carbocycles. The number of rotatable bonds is 5. The fourth-order valence-electron chi connectivity index (χ4n) is 3.89. The zero-order chi connectivity index (χ0) is 21.4. The molecule has 4 heterocycles. The second kappa shape index (κ2) is 7.71. The van der Waals surface area contributed by atoms with Crippen LogP contribution >= 0.6 is 0 Å². The maximum atomic E-state index is 11.8. The summed E-state index contributed by atoms with van der Waals surface area (Å²) >= 11 is 0. The van der Waals surface area contributed by atoms with Gasteiger partial charge in [0.25, 0.3) is 5.91 Å². The van der Waals surface area contributed by atoms with Crippen molar-refractivity contribution in [3.8, 4) is 17.1 Å². The average molecular weight is 414 g/mol. The number of pyridine rings is 1. The van der Waals surface area contributed by atoms with Crippen molar-refractivity contribution in [2.45, 2.75) is 26.3 Å². The number of aryl methyl sites for hydroxylation is 2. The number of hydrogen-bond acceptors (Lipinski definition) is 6. The Kier molecular flexibility index (Phi) is 4.74. The molecule has 0 saturated heterocycles. The van der Waals surface area contributed by atoms with Crippen molar-refractivity contribution in [1.82, 2.24) is 19.6 Å². The molecule has 4 aromatic rings. The summed E-state index contributed by atoms with van der Waals surface area (Å²) < 4.78 is 7.47. The highest BCUT2D eigenvalue weighted by Crippen LogP contribution is 2.35. The number of hydrogen-bond donors (Lipinski definition) is 2. The lowest BCUT2D eigenvalue weighted by atomic mass is 10.1. The Morgan fingerprint density at radius 3 is 2.81 bits per heavy atom. The predicted molar refractivity (Wildman–Crippen MR) is 117 cm³/mol. The van der Waals surface area contributed by atoms with Crippen LogP contribution in [0.25, 0.3) is 16.9 Å². The Bertz CT molecular complexity index is 1280. The third-order valence-corrected chi connectivity index (χ3v) is 5.35. The van der Waals surface area contributed by atoms with Crippen LogP contribution in [0, 0.1) is 6.92 Å². The molecule has 0 aliphatic carbocycles. The first-order valence-electron chi connectivity index (χ1n) is 10.2. The second-order valence-electron chi connectivity index (χ2n) is 7.50. The van der Waals surface area contributed by atoms with Gasteiger partial charge in [0.05, 0.1) is 29.1 Å². The van der Waals surface area contributed by atoms with Gasteiger partial charge in [-0.1, -0.05) is 36.4 Å². The number of amides is 1. The van der Waals surface area contributed by atoms with Gasteiger partial charge < -0.3 is 15.8 Å². The highest BCUT2D eigenvalue weighted by Gasteiger charge is 2.23. The smallest absolute Gasteiger partial charge is 0.267 e. The highest BCUT2D eigenvalue weighted by atomic mass is 16.5. The molecule has 1 aliphatic heterocycles. The zero-order valence-electron chi connectivity index (χ0n) is 17.1. The van der Waals surface area contributed by atoms with Gasteiger partial charge >= 0.3 is 0 Å². The summed E-state index contributed by atoms with van der Waals surface area (Å²) in [5, 5.41) is 7.94. The van der Waals surface area contributed by atoms with Crippen LogP contribution in [0.4, 0.5) is 5.82 Å². The lowest BCUT2D eigenvalue weighted by molar-refractivity contribution is 0.0993. The van der Waals surface area contributed by atoms with Crippen LogP contribution in [0.3, 0.4) is 0 Å². The zero-order valence-corrected chi connectivity index (χ0v) is 17.1. The lowest BCUT2D eigenvalue weighted by Gasteiger charge is -2.20. The maximum Gasteiger partial charge on any atom is 0.267 e. The Morgan fingerprint density at radius 1 is 1.16 bits per heavy atom. The molecule has 0 bridgehead atoms. The van der Waals surface area contributed by atoms with Crippen LogP contribution in [-0.4, -0.2) is 32.1 Å². The Labute approximate surface area is 179 Å². The van der Waals surface area contributed by atoms with Gasteiger partial charge in [0.15, 0.2) is 17.4 Å². The quantitative estimate of drug-likeness (QED) is 0.520. The number of nitrogens with two attached hydrogens (primary N) is 1. The van der Waals surface area contributed by atoms with Crippen molar-refractivity contribution >= 4 is 17.2 Å². The van der Waals surface area contributed by atoms with Gasteiger partial charge in [-0.25, -0.2) is 14.5 Å². The number of aromatic nitrogens is 4. The SMILES string of the molecule is Cc1nn2c(C(N)=O)cccc2c1-c1nc2c(c(NCc3ccccc3)n1)OCCC2. The van der Waals surface area contributed by atoms with E-state index in [1.807, 2.05) is 31.2 Å². The number of benzene rings is 1. The summed E-state index contributed by atoms with van der Waals surface area (Å²) in [5.41, 5.74) is 10.1. The number of carbonyl (C=O) groups excluding carboxylic acids is 1. The van der Waals surface area contributed by atoms with E-state index in [-0.39, 0.29) is 0 Å². The summed E-state index contributed by atoms with van der Waals surface area (Å²) in [6.07, 6.45) is 1.72. The molecule has 3 aromatic heterocycles. The molecule has 0 fully saturated rings. The van der Waals surface area contributed by atoms with Gasteiger partial charge in [0.2, 0.25) is 0 Å². The van der Waals surface area contributed by atoms with E-state index in [0.29, 0.717) is 36.2 Å². The minimum atomic E-state index is -0.537. The second-order valence-corrected chi connectivity index (χ2v) is 7.50. The molecular weight excluding hydrogens is 392 g/mol. The monoisotopic (exact) mass is 414 g/mol. The average Bonchev–Trinajstić information content (AvgIpc) is 3.13. The molecule has 8 heteroatoms. The fourth-order valence-corrected chi connectivity index (χ4v) is 3.89. The van der Waals surface area contributed by atoms with Crippen molar-refractivity contribution < 1.29 is 9.53 Å². The summed E-state index contributed by atoms with van der Waals surface area (Å²) in [7, 11) is 0. The third kappa shape index (κ3) is 3.46. The van der Waals surface area contributed by atoms with E-state index < -0.39 is 5.91 Å². The van der Waals surface area contributed by atoms with Crippen LogP contribution in [0.15, 0.2) is 48.5 Å². The minimum Gasteiger partial charge on any atom is -0.488 e. The molecule has 156 valence electrons. The van der Waals surface area contributed by atoms with Gasteiger partial charge in [0.1, 0.15) is 5.69 Å². The van der Waals surface area contributed by atoms with Crippen LogP contribution in [-0.2, 0) is 13.0 Å². The van der Waals surface area contributed by atoms with Crippen molar-refractivity contribution in [2.75, 3.05) is 11.9 Å². The molecule has 0 radical (unpaired) electrons. The highest BCUT2D eigenvalue weighted by molar-refractivity contribution is 5.93. The van der Waals surface area contributed by atoms with E-state index >= 15 is 0 Å². The van der Waals surface area contributed by atoms with Gasteiger partial charge in [-0.15, -0.1) is 0 Å². The van der Waals surface area contributed by atoms with Crippen molar-refractivity contribution in [2.24, 2.45) is 5.73 Å². The topological polar surface area (TPSA) is 107 Å². The molecule has 0 atom stereocenters. The molecule has 5 rings (SSSR count). The fraction of sp³-hybridized carbons (Fsp3) is 0.217. The van der Waals surface area contributed by atoms with E-state index in [9.17, 15) is 4.79 Å². The van der Waals surface area contributed by atoms with Crippen LogP contribution in [0.5, 0.6) is 5.75 Å². The first-order valence-corrected chi connectivity index (χ1v) is 10.2. The Morgan fingerprint density at radius 2 is 2.00 bits per heavy atom. The van der Waals surface area contributed by atoms with Crippen LogP contribution in [0.1, 0.15) is 33.9 Å². The van der Waals surface area contributed by atoms with Gasteiger partial charge in [-0.3, -0.25) is 4.79 Å². The van der Waals surface area contributed by atoms with Crippen LogP contribution < -0.4 is 15.8 Å². The lowest BCUT2D eigenvalue weighted by Crippen LogP contribution is -2.16. The summed E-state index contributed by atoms with van der Waals surface area (Å²) in [5.74, 6) is 1.38. The first kappa shape index (κ1) is 19.0. The van der Waals surface area contributed by atoms with E-state index in [4.69, 9.17) is 20.4 Å². The van der Waals surface area contributed by atoms with Crippen molar-refractivity contribution in [1.29, 1.82) is 0 Å². The third-order valence-electron chi connectivity index (χ3n) is 5.35. The van der Waals surface area contributed by atoms with E-state index in [1.54, 1.807) is 16.6 Å². The largest absolute Gasteiger partial charge is 0.488 e. The molecule has 0 unspecified atom stereocenters. The summed E-state index contributed by atoms with van der Waals surface area (Å²) in [4.78, 5) is 21.5. The number of nitrogens with one attached hydrogen (secondary N) is 1. The number of fused-ring (bicyclic) bond motifs is 2. The molecule has 3 N–H and O–H groups in total. The standard InChI is InChI=1S/C23H22N6O2/c1-14-19(17-10-5-11-18(21(24)30)29(17)28-14)22-26-16-9-6-12-31-20(16)23(27-22)25-13-15-7-3-2-4-8-15/h2-5,7-8,10-11H,6,9,12-13H2,1H3,(H2,24,30)(H,25,26,27). The van der Waals surface area contributed by atoms with Gasteiger partial charge in [0, 0.05) is 6.54 Å².